The van der Waals surface area contributed by atoms with E-state index in [9.17, 15) is 0 Å². The van der Waals surface area contributed by atoms with Crippen molar-refractivity contribution in [3.8, 4) is 0 Å². The van der Waals surface area contributed by atoms with Crippen LogP contribution < -0.4 is 10.2 Å². The maximum atomic E-state index is 5.31. The Morgan fingerprint density at radius 3 is 2.93 bits per heavy atom. The van der Waals surface area contributed by atoms with Crippen molar-refractivity contribution in [2.45, 2.75) is 0 Å². The summed E-state index contributed by atoms with van der Waals surface area (Å²) in [6.07, 6.45) is 7.63. The summed E-state index contributed by atoms with van der Waals surface area (Å²) in [4.78, 5) is 6.46. The van der Waals surface area contributed by atoms with Crippen molar-refractivity contribution in [2.75, 3.05) is 31.2 Å². The van der Waals surface area contributed by atoms with Gasteiger partial charge in [-0.05, 0) is 6.07 Å². The highest BCUT2D eigenvalue weighted by molar-refractivity contribution is 7.46. The Kier molecular flexibility index (Phi) is 3.12. The number of nitrogens with zero attached hydrogens (tertiary/aromatic N) is 2. The fraction of sp³-hybridized carbons (Fsp3) is 0.400. The van der Waals surface area contributed by atoms with E-state index in [0.29, 0.717) is 0 Å². The number of aromatic nitrogens is 1. The molecule has 3 nitrogen and oxygen atoms in total. The molecule has 14 heavy (non-hydrogen) atoms. The Morgan fingerprint density at radius 1 is 1.43 bits per heavy atom. The van der Waals surface area contributed by atoms with Crippen LogP contribution in [-0.4, -0.2) is 37.6 Å². The number of hydrogen-bond acceptors (Lipinski definition) is 3. The van der Waals surface area contributed by atoms with E-state index < -0.39 is 0 Å². The molecule has 2 rings (SSSR count). The van der Waals surface area contributed by atoms with Crippen molar-refractivity contribution < 1.29 is 4.74 Å². The zero-order chi connectivity index (χ0) is 9.80. The maximum absolute atomic E-state index is 5.31. The van der Waals surface area contributed by atoms with E-state index in [1.165, 1.54) is 11.0 Å². The Labute approximate surface area is 85.5 Å². The number of morpholine rings is 1. The second kappa shape index (κ2) is 4.54. The van der Waals surface area contributed by atoms with Gasteiger partial charge < -0.3 is 9.64 Å². The van der Waals surface area contributed by atoms with Crippen molar-refractivity contribution in [2.24, 2.45) is 0 Å². The minimum atomic E-state index is 0.808. The standard InChI is InChI=1S/C10H13N2OP/c1-14-10-2-3-11-8-9(10)12-4-6-13-7-5-12/h2-3,8H,1,4-7H2. The van der Waals surface area contributed by atoms with Gasteiger partial charge in [-0.25, -0.2) is 0 Å². The molecule has 0 amide bonds. The maximum Gasteiger partial charge on any atom is 0.0674 e. The molecule has 0 saturated carbocycles. The minimum absolute atomic E-state index is 0.808. The summed E-state index contributed by atoms with van der Waals surface area (Å²) in [5.41, 5.74) is 1.20. The van der Waals surface area contributed by atoms with E-state index >= 15 is 0 Å². The van der Waals surface area contributed by atoms with Gasteiger partial charge in [0.2, 0.25) is 0 Å². The van der Waals surface area contributed by atoms with Crippen LogP contribution in [0.5, 0.6) is 0 Å². The van der Waals surface area contributed by atoms with E-state index in [2.05, 4.69) is 16.2 Å². The summed E-state index contributed by atoms with van der Waals surface area (Å²) in [5.74, 6) is 0. The summed E-state index contributed by atoms with van der Waals surface area (Å²) < 4.78 is 5.31. The molecule has 2 heterocycles. The number of ether oxygens (including phenoxy) is 1. The molecule has 0 aliphatic carbocycles. The molecule has 1 aromatic rings. The molecule has 4 heteroatoms. The molecule has 1 saturated heterocycles. The topological polar surface area (TPSA) is 25.4 Å². The van der Waals surface area contributed by atoms with Crippen LogP contribution in [-0.2, 0) is 4.74 Å². The summed E-state index contributed by atoms with van der Waals surface area (Å²) in [6, 6.07) is 2.03. The molecule has 0 bridgehead atoms. The second-order valence-corrected chi connectivity index (χ2v) is 3.92. The van der Waals surface area contributed by atoms with Gasteiger partial charge in [0, 0.05) is 24.6 Å². The fourth-order valence-corrected chi connectivity index (χ4v) is 2.09. The molecule has 0 spiro atoms. The zero-order valence-electron chi connectivity index (χ0n) is 8.02. The Morgan fingerprint density at radius 2 is 2.21 bits per heavy atom. The van der Waals surface area contributed by atoms with Crippen molar-refractivity contribution >= 4 is 25.5 Å². The lowest BCUT2D eigenvalue weighted by Gasteiger charge is -2.29. The lowest BCUT2D eigenvalue weighted by atomic mass is 10.3. The van der Waals surface area contributed by atoms with Crippen molar-refractivity contribution in [1.82, 2.24) is 4.98 Å². The number of anilines is 1. The highest BCUT2D eigenvalue weighted by Gasteiger charge is 2.13. The van der Waals surface area contributed by atoms with Gasteiger partial charge in [0.25, 0.3) is 0 Å². The van der Waals surface area contributed by atoms with E-state index in [4.69, 9.17) is 4.74 Å². The van der Waals surface area contributed by atoms with Gasteiger partial charge in [-0.15, -0.1) is 0 Å². The third kappa shape index (κ3) is 1.94. The lowest BCUT2D eigenvalue weighted by molar-refractivity contribution is 0.123. The molecule has 74 valence electrons. The van der Waals surface area contributed by atoms with Gasteiger partial charge in [-0.1, -0.05) is 14.5 Å². The van der Waals surface area contributed by atoms with Crippen molar-refractivity contribution in [3.05, 3.63) is 18.5 Å². The molecule has 1 aliphatic heterocycles. The number of pyridine rings is 1. The molecule has 0 N–H and O–H groups in total. The summed E-state index contributed by atoms with van der Waals surface area (Å²) in [5, 5.41) is 1.24. The van der Waals surface area contributed by atoms with E-state index in [1.807, 2.05) is 18.5 Å². The van der Waals surface area contributed by atoms with E-state index in [1.54, 1.807) is 0 Å². The first-order valence-corrected chi connectivity index (χ1v) is 5.73. The van der Waals surface area contributed by atoms with E-state index in [0.717, 1.165) is 34.5 Å². The zero-order valence-corrected chi connectivity index (χ0v) is 8.91. The van der Waals surface area contributed by atoms with Crippen LogP contribution in [0.4, 0.5) is 5.69 Å². The van der Waals surface area contributed by atoms with Crippen molar-refractivity contribution in [1.29, 1.82) is 0 Å². The largest absolute Gasteiger partial charge is 0.378 e. The molecule has 1 aromatic heterocycles. The molecular weight excluding hydrogens is 195 g/mol. The molecule has 1 fully saturated rings. The molecule has 0 aromatic carbocycles. The molecule has 0 atom stereocenters. The van der Waals surface area contributed by atoms with Gasteiger partial charge in [0.05, 0.1) is 25.1 Å². The van der Waals surface area contributed by atoms with Crippen LogP contribution in [0.25, 0.3) is 0 Å². The third-order valence-corrected chi connectivity index (χ3v) is 3.02. The van der Waals surface area contributed by atoms with Crippen LogP contribution in [0.3, 0.4) is 0 Å². The first-order chi connectivity index (χ1) is 6.92. The highest BCUT2D eigenvalue weighted by Crippen LogP contribution is 2.15. The Balaban J connectivity index is 2.24. The van der Waals surface area contributed by atoms with Crippen LogP contribution >= 0.6 is 8.20 Å². The first kappa shape index (κ1) is 9.63. The first-order valence-electron chi connectivity index (χ1n) is 4.65. The number of rotatable bonds is 2. The normalized spacial score (nSPS) is 17.3. The lowest BCUT2D eigenvalue weighted by Crippen LogP contribution is -2.38. The predicted octanol–water partition coefficient (Wildman–Crippen LogP) is 0.922. The monoisotopic (exact) mass is 208 g/mol. The quantitative estimate of drug-likeness (QED) is 0.676. The van der Waals surface area contributed by atoms with Gasteiger partial charge in [-0.2, -0.15) is 0 Å². The molecule has 0 radical (unpaired) electrons. The summed E-state index contributed by atoms with van der Waals surface area (Å²) >= 11 is 0. The van der Waals surface area contributed by atoms with Crippen LogP contribution in [0.1, 0.15) is 0 Å². The smallest absolute Gasteiger partial charge is 0.0674 e. The van der Waals surface area contributed by atoms with Gasteiger partial charge >= 0.3 is 0 Å². The third-order valence-electron chi connectivity index (χ3n) is 2.30. The average Bonchev–Trinajstić information content (AvgIpc) is 2.30. The molecule has 1 aliphatic rings. The van der Waals surface area contributed by atoms with Crippen LogP contribution in [0, 0.1) is 0 Å². The SMILES string of the molecule is C=Pc1ccncc1N1CCOCC1. The van der Waals surface area contributed by atoms with Crippen LogP contribution in [0.2, 0.25) is 0 Å². The van der Waals surface area contributed by atoms with Gasteiger partial charge in [-0.3, -0.25) is 4.98 Å². The summed E-state index contributed by atoms with van der Waals surface area (Å²) in [6.45, 7) is 3.52. The summed E-state index contributed by atoms with van der Waals surface area (Å²) in [7, 11) is 1.05. The van der Waals surface area contributed by atoms with Crippen LogP contribution in [0.15, 0.2) is 18.5 Å². The molecule has 0 unspecified atom stereocenters. The molecular formula is C10H13N2OP. The van der Waals surface area contributed by atoms with Gasteiger partial charge in [0.1, 0.15) is 0 Å². The second-order valence-electron chi connectivity index (χ2n) is 3.12. The number of hydrogen-bond donors (Lipinski definition) is 0. The minimum Gasteiger partial charge on any atom is -0.378 e. The fourth-order valence-electron chi connectivity index (χ4n) is 1.56. The Bertz CT molecular complexity index is 324. The highest BCUT2D eigenvalue weighted by atomic mass is 31.1. The van der Waals surface area contributed by atoms with E-state index in [-0.39, 0.29) is 0 Å². The Hall–Kier alpha value is -0.920. The predicted molar refractivity (Wildman–Crippen MR) is 60.9 cm³/mol. The van der Waals surface area contributed by atoms with Gasteiger partial charge in [0.15, 0.2) is 0 Å². The average molecular weight is 208 g/mol. The van der Waals surface area contributed by atoms with Crippen molar-refractivity contribution in [3.63, 3.8) is 0 Å².